The zero-order chi connectivity index (χ0) is 16.5. The number of hydrogen-bond acceptors (Lipinski definition) is 4. The summed E-state index contributed by atoms with van der Waals surface area (Å²) >= 11 is 3.22. The number of amides is 1. The van der Waals surface area contributed by atoms with Gasteiger partial charge in [-0.25, -0.2) is 0 Å². The Morgan fingerprint density at radius 2 is 1.95 bits per heavy atom. The highest BCUT2D eigenvalue weighted by molar-refractivity contribution is 9.11. The van der Waals surface area contributed by atoms with E-state index in [0.29, 0.717) is 17.4 Å². The molecule has 1 amide bonds. The summed E-state index contributed by atoms with van der Waals surface area (Å²) in [6.45, 7) is 0.611. The molecule has 5 nitrogen and oxygen atoms in total. The monoisotopic (exact) mass is 371 g/mol. The second-order valence-electron chi connectivity index (χ2n) is 5.27. The second kappa shape index (κ2) is 9.56. The topological polar surface area (TPSA) is 63.7 Å². The molecule has 122 valence electrons. The molecule has 1 rings (SSSR count). The van der Waals surface area contributed by atoms with Crippen LogP contribution < -0.4 is 0 Å². The van der Waals surface area contributed by atoms with E-state index in [1.165, 1.54) is 13.2 Å². The van der Waals surface area contributed by atoms with Gasteiger partial charge in [-0.15, -0.1) is 0 Å². The summed E-state index contributed by atoms with van der Waals surface area (Å²) in [5.41, 5.74) is 0. The van der Waals surface area contributed by atoms with E-state index in [1.54, 1.807) is 24.1 Å². The molecule has 6 heteroatoms. The molecular formula is C16H22BrNO4. The van der Waals surface area contributed by atoms with Crippen LogP contribution in [0.15, 0.2) is 22.7 Å². The summed E-state index contributed by atoms with van der Waals surface area (Å²) < 4.78 is 5.26. The smallest absolute Gasteiger partial charge is 0.305 e. The fraction of sp³-hybridized carbons (Fsp3) is 0.562. The van der Waals surface area contributed by atoms with Crippen molar-refractivity contribution in [2.45, 2.75) is 32.1 Å². The molecule has 0 heterocycles. The van der Waals surface area contributed by atoms with Gasteiger partial charge in [-0.2, -0.15) is 0 Å². The summed E-state index contributed by atoms with van der Waals surface area (Å²) in [6.07, 6.45) is 8.74. The van der Waals surface area contributed by atoms with Crippen LogP contribution in [0.4, 0.5) is 0 Å². The van der Waals surface area contributed by atoms with E-state index >= 15 is 0 Å². The summed E-state index contributed by atoms with van der Waals surface area (Å²) in [7, 11) is 3.10. The number of rotatable bonds is 8. The van der Waals surface area contributed by atoms with E-state index in [0.717, 1.165) is 25.7 Å². The highest BCUT2D eigenvalue weighted by Gasteiger charge is 2.27. The number of allylic oxidation sites excluding steroid dienone is 3. The van der Waals surface area contributed by atoms with E-state index in [2.05, 4.69) is 20.7 Å². The minimum atomic E-state index is -0.703. The van der Waals surface area contributed by atoms with Crippen molar-refractivity contribution < 1.29 is 19.1 Å². The molecule has 0 radical (unpaired) electrons. The molecule has 0 saturated carbocycles. The number of ether oxygens (including phenoxy) is 1. The van der Waals surface area contributed by atoms with Crippen LogP contribution >= 0.6 is 15.9 Å². The van der Waals surface area contributed by atoms with Crippen LogP contribution in [0, 0.1) is 5.92 Å². The number of carbonyl (C=O) groups excluding carboxylic acids is 3. The molecule has 0 aromatic rings. The van der Waals surface area contributed by atoms with Crippen LogP contribution in [0.5, 0.6) is 0 Å². The molecule has 0 N–H and O–H groups in total. The van der Waals surface area contributed by atoms with Gasteiger partial charge >= 0.3 is 5.97 Å². The molecule has 0 aliphatic heterocycles. The van der Waals surface area contributed by atoms with Crippen LogP contribution in [0.2, 0.25) is 0 Å². The standard InChI is InChI=1S/C16H22BrNO4/c1-18(10-6-4-3-5-7-15(20)22-2)16(21)13-9-8-12(17)11-14(13)19/h8-9,11,13H,3-7,10H2,1-2H3. The summed E-state index contributed by atoms with van der Waals surface area (Å²) in [5, 5.41) is 0. The largest absolute Gasteiger partial charge is 0.469 e. The first kappa shape index (κ1) is 18.6. The number of esters is 1. The van der Waals surface area contributed by atoms with E-state index in [9.17, 15) is 14.4 Å². The first-order valence-corrected chi connectivity index (χ1v) is 8.16. The van der Waals surface area contributed by atoms with E-state index in [1.807, 2.05) is 0 Å². The highest BCUT2D eigenvalue weighted by Crippen LogP contribution is 2.19. The van der Waals surface area contributed by atoms with Crippen LogP contribution in [0.25, 0.3) is 0 Å². The number of halogens is 1. The molecular weight excluding hydrogens is 350 g/mol. The van der Waals surface area contributed by atoms with Gasteiger partial charge in [0.25, 0.3) is 0 Å². The van der Waals surface area contributed by atoms with Crippen molar-refractivity contribution in [3.05, 3.63) is 22.7 Å². The minimum Gasteiger partial charge on any atom is -0.469 e. The van der Waals surface area contributed by atoms with Gasteiger partial charge in [0.1, 0.15) is 5.92 Å². The van der Waals surface area contributed by atoms with E-state index < -0.39 is 5.92 Å². The van der Waals surface area contributed by atoms with Crippen molar-refractivity contribution in [1.29, 1.82) is 0 Å². The Labute approximate surface area is 139 Å². The first-order valence-electron chi connectivity index (χ1n) is 7.36. The van der Waals surface area contributed by atoms with Crippen LogP contribution in [0.1, 0.15) is 32.1 Å². The molecule has 0 bridgehead atoms. The van der Waals surface area contributed by atoms with Gasteiger partial charge in [-0.05, 0) is 18.9 Å². The molecule has 0 aromatic heterocycles. The zero-order valence-electron chi connectivity index (χ0n) is 13.0. The number of carbonyl (C=O) groups is 3. The lowest BCUT2D eigenvalue weighted by atomic mass is 9.98. The predicted octanol–water partition coefficient (Wildman–Crippen LogP) is 2.60. The third-order valence-corrected chi connectivity index (χ3v) is 4.02. The third kappa shape index (κ3) is 6.13. The van der Waals surface area contributed by atoms with Gasteiger partial charge in [0.2, 0.25) is 5.91 Å². The first-order chi connectivity index (χ1) is 10.5. The Kier molecular flexibility index (Phi) is 8.09. The lowest BCUT2D eigenvalue weighted by Crippen LogP contribution is -2.36. The Bertz CT molecular complexity index is 485. The molecule has 1 aliphatic rings. The van der Waals surface area contributed by atoms with Crippen LogP contribution in [-0.4, -0.2) is 43.3 Å². The zero-order valence-corrected chi connectivity index (χ0v) is 14.6. The fourth-order valence-electron chi connectivity index (χ4n) is 2.18. The van der Waals surface area contributed by atoms with Crippen LogP contribution in [-0.2, 0) is 19.1 Å². The van der Waals surface area contributed by atoms with E-state index in [-0.39, 0.29) is 17.7 Å². The fourth-order valence-corrected chi connectivity index (χ4v) is 2.56. The maximum absolute atomic E-state index is 12.2. The summed E-state index contributed by atoms with van der Waals surface area (Å²) in [5.74, 6) is -1.25. The minimum absolute atomic E-state index is 0.174. The number of methoxy groups -OCH3 is 1. The van der Waals surface area contributed by atoms with Crippen molar-refractivity contribution in [3.8, 4) is 0 Å². The van der Waals surface area contributed by atoms with Crippen molar-refractivity contribution in [2.75, 3.05) is 20.7 Å². The number of ketones is 1. The van der Waals surface area contributed by atoms with Gasteiger partial charge in [0.05, 0.1) is 7.11 Å². The van der Waals surface area contributed by atoms with Crippen molar-refractivity contribution in [2.24, 2.45) is 5.92 Å². The Balaban J connectivity index is 2.24. The van der Waals surface area contributed by atoms with Gasteiger partial charge < -0.3 is 9.64 Å². The van der Waals surface area contributed by atoms with Crippen molar-refractivity contribution in [1.82, 2.24) is 4.90 Å². The van der Waals surface area contributed by atoms with Crippen molar-refractivity contribution >= 4 is 33.6 Å². The lowest BCUT2D eigenvalue weighted by Gasteiger charge is -2.21. The normalized spacial score (nSPS) is 17.1. The molecule has 0 fully saturated rings. The Morgan fingerprint density at radius 3 is 2.59 bits per heavy atom. The quantitative estimate of drug-likeness (QED) is 0.373. The Hall–Kier alpha value is -1.43. The van der Waals surface area contributed by atoms with Gasteiger partial charge in [0, 0.05) is 24.5 Å². The van der Waals surface area contributed by atoms with Crippen LogP contribution in [0.3, 0.4) is 0 Å². The highest BCUT2D eigenvalue weighted by atomic mass is 79.9. The van der Waals surface area contributed by atoms with Crippen molar-refractivity contribution in [3.63, 3.8) is 0 Å². The molecule has 0 saturated heterocycles. The summed E-state index contributed by atoms with van der Waals surface area (Å²) in [4.78, 5) is 36.6. The van der Waals surface area contributed by atoms with Gasteiger partial charge in [0.15, 0.2) is 5.78 Å². The number of unbranched alkanes of at least 4 members (excludes halogenated alkanes) is 3. The average molecular weight is 372 g/mol. The SMILES string of the molecule is COC(=O)CCCCCCN(C)C(=O)C1C=CC(Br)=CC1=O. The maximum Gasteiger partial charge on any atom is 0.305 e. The lowest BCUT2D eigenvalue weighted by molar-refractivity contribution is -0.140. The second-order valence-corrected chi connectivity index (χ2v) is 6.18. The molecule has 1 unspecified atom stereocenters. The molecule has 0 aromatic carbocycles. The molecule has 1 atom stereocenters. The molecule has 22 heavy (non-hydrogen) atoms. The third-order valence-electron chi connectivity index (χ3n) is 3.53. The Morgan fingerprint density at radius 1 is 1.27 bits per heavy atom. The number of nitrogens with zero attached hydrogens (tertiary/aromatic N) is 1. The predicted molar refractivity (Wildman–Crippen MR) is 87.4 cm³/mol. The van der Waals surface area contributed by atoms with Gasteiger partial charge in [-0.3, -0.25) is 14.4 Å². The van der Waals surface area contributed by atoms with E-state index in [4.69, 9.17) is 0 Å². The van der Waals surface area contributed by atoms with Gasteiger partial charge in [-0.1, -0.05) is 40.9 Å². The summed E-state index contributed by atoms with van der Waals surface area (Å²) in [6, 6.07) is 0. The maximum atomic E-state index is 12.2. The average Bonchev–Trinajstić information content (AvgIpc) is 2.49. The molecule has 1 aliphatic carbocycles. The molecule has 0 spiro atoms. The number of hydrogen-bond donors (Lipinski definition) is 0.